The Labute approximate surface area is 257 Å². The topological polar surface area (TPSA) is 114 Å². The van der Waals surface area contributed by atoms with Crippen molar-refractivity contribution in [1.82, 2.24) is 15.5 Å². The van der Waals surface area contributed by atoms with E-state index in [-0.39, 0.29) is 25.5 Å². The van der Waals surface area contributed by atoms with Crippen LogP contribution in [0.4, 0.5) is 8.78 Å². The van der Waals surface area contributed by atoms with Crippen LogP contribution in [0.3, 0.4) is 0 Å². The number of hydrogen-bond acceptors (Lipinski definition) is 7. The van der Waals surface area contributed by atoms with Crippen LogP contribution in [0, 0.1) is 5.92 Å². The van der Waals surface area contributed by atoms with Crippen LogP contribution in [0.25, 0.3) is 0 Å². The van der Waals surface area contributed by atoms with E-state index in [0.717, 1.165) is 25.0 Å². The van der Waals surface area contributed by atoms with E-state index in [1.807, 2.05) is 5.41 Å². The first-order chi connectivity index (χ1) is 20.5. The summed E-state index contributed by atoms with van der Waals surface area (Å²) < 4.78 is 52.7. The van der Waals surface area contributed by atoms with Crippen molar-refractivity contribution in [1.29, 1.82) is 0 Å². The Morgan fingerprint density at radius 2 is 1.77 bits per heavy atom. The summed E-state index contributed by atoms with van der Waals surface area (Å²) in [6.07, 6.45) is 10.1. The molecule has 9 nitrogen and oxygen atoms in total. The van der Waals surface area contributed by atoms with Gasteiger partial charge >= 0.3 is 13.3 Å². The SMILES string of the molecule is CCOP(=O)(OCC)C(F)(F)c1ccc(C[C@H](NC(C)=O)C(=O)N[C@H]2CSC=CN(CCCC3CCCCC3)C2=O)cc1. The molecule has 1 fully saturated rings. The van der Waals surface area contributed by atoms with Gasteiger partial charge in [-0.25, -0.2) is 0 Å². The Hall–Kier alpha value is -2.27. The first kappa shape index (κ1) is 35.2. The van der Waals surface area contributed by atoms with Gasteiger partial charge in [-0.3, -0.25) is 18.9 Å². The molecule has 0 radical (unpaired) electrons. The molecule has 3 rings (SSSR count). The number of halogens is 2. The third kappa shape index (κ3) is 9.86. The van der Waals surface area contributed by atoms with E-state index in [4.69, 9.17) is 9.05 Å². The van der Waals surface area contributed by atoms with Crippen LogP contribution in [0.15, 0.2) is 35.9 Å². The quantitative estimate of drug-likeness (QED) is 0.228. The lowest BCUT2D eigenvalue weighted by atomic mass is 9.86. The van der Waals surface area contributed by atoms with Crippen molar-refractivity contribution < 1.29 is 36.8 Å². The molecule has 0 aromatic heterocycles. The fraction of sp³-hybridized carbons (Fsp3) is 0.633. The highest BCUT2D eigenvalue weighted by Crippen LogP contribution is 2.66. The maximum Gasteiger partial charge on any atom is 0.404 e. The van der Waals surface area contributed by atoms with Gasteiger partial charge in [-0.1, -0.05) is 56.4 Å². The smallest absolute Gasteiger partial charge is 0.344 e. The average molecular weight is 644 g/mol. The van der Waals surface area contributed by atoms with Crippen molar-refractivity contribution in [3.63, 3.8) is 0 Å². The van der Waals surface area contributed by atoms with Gasteiger partial charge in [0.15, 0.2) is 0 Å². The second-order valence-corrected chi connectivity index (χ2v) is 13.9. The highest BCUT2D eigenvalue weighted by Gasteiger charge is 2.54. The molecule has 2 aliphatic rings. The zero-order valence-corrected chi connectivity index (χ0v) is 26.9. The summed E-state index contributed by atoms with van der Waals surface area (Å²) in [6, 6.07) is 3.12. The normalized spacial score (nSPS) is 19.1. The third-order valence-corrected chi connectivity index (χ3v) is 10.6. The van der Waals surface area contributed by atoms with Crippen LogP contribution in [-0.2, 0) is 40.1 Å². The van der Waals surface area contributed by atoms with Gasteiger partial charge in [0.05, 0.1) is 13.2 Å². The summed E-state index contributed by atoms with van der Waals surface area (Å²) in [5, 5.41) is 7.24. The van der Waals surface area contributed by atoms with Crippen LogP contribution in [0.1, 0.15) is 76.8 Å². The summed E-state index contributed by atoms with van der Waals surface area (Å²) >= 11 is 1.42. The van der Waals surface area contributed by atoms with Crippen LogP contribution in [-0.4, -0.2) is 60.2 Å². The minimum Gasteiger partial charge on any atom is -0.344 e. The number of amides is 3. The number of carbonyl (C=O) groups excluding carboxylic acids is 3. The highest BCUT2D eigenvalue weighted by molar-refractivity contribution is 8.02. The Morgan fingerprint density at radius 1 is 1.12 bits per heavy atom. The molecule has 2 N–H and O–H groups in total. The molecule has 0 spiro atoms. The van der Waals surface area contributed by atoms with Crippen LogP contribution >= 0.6 is 19.4 Å². The van der Waals surface area contributed by atoms with E-state index in [9.17, 15) is 18.9 Å². The molecule has 1 aromatic carbocycles. The van der Waals surface area contributed by atoms with Gasteiger partial charge in [0, 0.05) is 37.4 Å². The summed E-state index contributed by atoms with van der Waals surface area (Å²) in [5.41, 5.74) is -3.97. The molecular weight excluding hydrogens is 599 g/mol. The molecule has 0 saturated heterocycles. The molecule has 1 heterocycles. The molecule has 1 aliphatic heterocycles. The van der Waals surface area contributed by atoms with Gasteiger partial charge in [0.25, 0.3) is 0 Å². The Balaban J connectivity index is 1.65. The van der Waals surface area contributed by atoms with Gasteiger partial charge in [-0.15, -0.1) is 11.8 Å². The minimum absolute atomic E-state index is 0.0107. The molecule has 43 heavy (non-hydrogen) atoms. The Bertz CT molecular complexity index is 1150. The van der Waals surface area contributed by atoms with Crippen molar-refractivity contribution in [2.24, 2.45) is 5.92 Å². The zero-order valence-electron chi connectivity index (χ0n) is 25.2. The van der Waals surface area contributed by atoms with E-state index in [1.165, 1.54) is 76.8 Å². The van der Waals surface area contributed by atoms with Crippen molar-refractivity contribution in [2.75, 3.05) is 25.5 Å². The number of hydrogen-bond donors (Lipinski definition) is 2. The van der Waals surface area contributed by atoms with E-state index in [2.05, 4.69) is 10.6 Å². The second-order valence-electron chi connectivity index (χ2n) is 10.9. The fourth-order valence-corrected chi connectivity index (χ4v) is 7.74. The van der Waals surface area contributed by atoms with Gasteiger partial charge in [-0.2, -0.15) is 8.78 Å². The predicted octanol–water partition coefficient (Wildman–Crippen LogP) is 5.94. The molecule has 13 heteroatoms. The molecule has 240 valence electrons. The van der Waals surface area contributed by atoms with Crippen LogP contribution in [0.5, 0.6) is 0 Å². The number of nitrogens with zero attached hydrogens (tertiary/aromatic N) is 1. The molecule has 1 aromatic rings. The molecule has 0 unspecified atom stereocenters. The van der Waals surface area contributed by atoms with Crippen molar-refractivity contribution in [3.8, 4) is 0 Å². The molecule has 1 aliphatic carbocycles. The predicted molar refractivity (Wildman–Crippen MR) is 164 cm³/mol. The number of thioether (sulfide) groups is 1. The van der Waals surface area contributed by atoms with Gasteiger partial charge in [0.2, 0.25) is 17.7 Å². The lowest BCUT2D eigenvalue weighted by Gasteiger charge is -2.27. The summed E-state index contributed by atoms with van der Waals surface area (Å²) in [5.74, 6) is -0.159. The molecule has 1 saturated carbocycles. The Kier molecular flexibility index (Phi) is 13.7. The van der Waals surface area contributed by atoms with Gasteiger partial charge < -0.3 is 24.6 Å². The molecular formula is C30H44F2N3O6PS. The van der Waals surface area contributed by atoms with Crippen molar-refractivity contribution in [2.45, 2.75) is 89.9 Å². The lowest BCUT2D eigenvalue weighted by molar-refractivity contribution is -0.134. The summed E-state index contributed by atoms with van der Waals surface area (Å²) in [6.45, 7) is 4.32. The lowest BCUT2D eigenvalue weighted by Crippen LogP contribution is -2.54. The highest BCUT2D eigenvalue weighted by atomic mass is 32.2. The van der Waals surface area contributed by atoms with E-state index < -0.39 is 42.7 Å². The number of rotatable bonds is 15. The molecule has 2 atom stereocenters. The third-order valence-electron chi connectivity index (χ3n) is 7.61. The first-order valence-corrected chi connectivity index (χ1v) is 17.6. The number of alkyl halides is 2. The van der Waals surface area contributed by atoms with Gasteiger partial charge in [-0.05, 0) is 43.6 Å². The van der Waals surface area contributed by atoms with Crippen LogP contribution < -0.4 is 10.6 Å². The van der Waals surface area contributed by atoms with E-state index in [0.29, 0.717) is 23.8 Å². The second kappa shape index (κ2) is 16.7. The number of carbonyl (C=O) groups is 3. The summed E-state index contributed by atoms with van der Waals surface area (Å²) in [4.78, 5) is 40.2. The largest absolute Gasteiger partial charge is 0.404 e. The van der Waals surface area contributed by atoms with Crippen molar-refractivity contribution >= 4 is 37.1 Å². The van der Waals surface area contributed by atoms with E-state index >= 15 is 8.78 Å². The van der Waals surface area contributed by atoms with Crippen molar-refractivity contribution in [3.05, 3.63) is 47.0 Å². The maximum absolute atomic E-state index is 15.1. The molecule has 0 bridgehead atoms. The standard InChI is InChI=1S/C30H44F2N3O6PS/c1-4-40-42(39,41-5-2)30(31,32)25-15-13-24(14-16-25)20-26(33-22(3)36)28(37)34-27-21-43-19-18-35(29(27)38)17-9-12-23-10-7-6-8-11-23/h13-16,18-19,23,26-27H,4-12,17,20-21H2,1-3H3,(H,33,36)(H,34,37)/t26-,27-/m0/s1. The average Bonchev–Trinajstić information content (AvgIpc) is 3.14. The van der Waals surface area contributed by atoms with E-state index in [1.54, 1.807) is 11.1 Å². The summed E-state index contributed by atoms with van der Waals surface area (Å²) in [7, 11) is -4.77. The fourth-order valence-electron chi connectivity index (χ4n) is 5.43. The number of nitrogens with one attached hydrogen (secondary N) is 2. The monoisotopic (exact) mass is 643 g/mol. The minimum atomic E-state index is -4.77. The Morgan fingerprint density at radius 3 is 2.37 bits per heavy atom. The first-order valence-electron chi connectivity index (χ1n) is 15.0. The number of benzene rings is 1. The van der Waals surface area contributed by atoms with Gasteiger partial charge in [0.1, 0.15) is 12.1 Å². The molecule has 3 amide bonds. The zero-order chi connectivity index (χ0) is 31.5. The maximum atomic E-state index is 15.1. The van der Waals surface area contributed by atoms with Crippen LogP contribution in [0.2, 0.25) is 0 Å².